The van der Waals surface area contributed by atoms with Gasteiger partial charge >= 0.3 is 5.97 Å². The van der Waals surface area contributed by atoms with Crippen molar-refractivity contribution in [1.29, 1.82) is 0 Å². The minimum atomic E-state index is -1.28. The number of rotatable bonds is 7. The van der Waals surface area contributed by atoms with E-state index in [1.54, 1.807) is 13.8 Å². The number of hydrogen-bond donors (Lipinski definition) is 1. The van der Waals surface area contributed by atoms with Crippen LogP contribution in [0.5, 0.6) is 0 Å². The third kappa shape index (κ3) is 5.41. The Labute approximate surface area is 324 Å². The first-order valence-corrected chi connectivity index (χ1v) is 21.9. The van der Waals surface area contributed by atoms with Gasteiger partial charge in [0, 0.05) is 50.5 Å². The number of carbonyl (C=O) groups is 2. The summed E-state index contributed by atoms with van der Waals surface area (Å²) in [6.45, 7) is 23.4. The first-order valence-electron chi connectivity index (χ1n) is 21.9. The van der Waals surface area contributed by atoms with E-state index in [9.17, 15) is 9.90 Å². The molecule has 5 aliphatic carbocycles. The second-order valence-corrected chi connectivity index (χ2v) is 21.4. The predicted molar refractivity (Wildman–Crippen MR) is 202 cm³/mol. The Morgan fingerprint density at radius 2 is 1.63 bits per heavy atom. The predicted octanol–water partition coefficient (Wildman–Crippen LogP) is 5.62. The van der Waals surface area contributed by atoms with Crippen LogP contribution < -0.4 is 0 Å². The van der Waals surface area contributed by atoms with Crippen molar-refractivity contribution in [3.63, 3.8) is 0 Å². The standard InChI is InChI=1S/C44H70N2O8/c1-26-21-30(38(40(5,6)49)52-27(2)47)53-36-35(26)41(7)15-16-44-25-43(44)14-11-33(39(3,4)31(43)9-10-32(44)42(41,8)37(36)48)54-34-22-46(19-20-51-34)28-12-17-45(18-13-28)29-23-50-24-29/h26,28-36,38,49H,9-25H2,1-8H3/t26-,30?,31+,32?,33+,34+,35+,36?,38+,41-,42-,43?,44+/m1/s1. The zero-order valence-corrected chi connectivity index (χ0v) is 34.6. The fourth-order valence-corrected chi connectivity index (χ4v) is 15.6. The topological polar surface area (TPSA) is 107 Å². The molecule has 9 rings (SSSR count). The summed E-state index contributed by atoms with van der Waals surface area (Å²) < 4.78 is 31.4. The van der Waals surface area contributed by atoms with Crippen molar-refractivity contribution < 1.29 is 38.4 Å². The lowest BCUT2D eigenvalue weighted by Crippen LogP contribution is -2.60. The molecule has 10 heteroatoms. The molecule has 0 radical (unpaired) electrons. The lowest BCUT2D eigenvalue weighted by atomic mass is 9.41. The summed E-state index contributed by atoms with van der Waals surface area (Å²) in [5, 5.41) is 11.1. The minimum absolute atomic E-state index is 0.0253. The van der Waals surface area contributed by atoms with E-state index < -0.39 is 35.3 Å². The van der Waals surface area contributed by atoms with Gasteiger partial charge in [-0.05, 0) is 117 Å². The van der Waals surface area contributed by atoms with Crippen LogP contribution in [-0.2, 0) is 33.3 Å². The Balaban J connectivity index is 0.895. The zero-order chi connectivity index (χ0) is 38.2. The highest BCUT2D eigenvalue weighted by atomic mass is 16.7. The Morgan fingerprint density at radius 3 is 2.30 bits per heavy atom. The summed E-state index contributed by atoms with van der Waals surface area (Å²) in [5.41, 5.74) is -1.41. The summed E-state index contributed by atoms with van der Waals surface area (Å²) >= 11 is 0. The second kappa shape index (κ2) is 12.9. The van der Waals surface area contributed by atoms with Crippen LogP contribution in [0.4, 0.5) is 0 Å². The number of hydrogen-bond acceptors (Lipinski definition) is 10. The molecule has 54 heavy (non-hydrogen) atoms. The highest BCUT2D eigenvalue weighted by Crippen LogP contribution is 2.89. The second-order valence-electron chi connectivity index (χ2n) is 21.4. The van der Waals surface area contributed by atoms with Gasteiger partial charge in [-0.1, -0.05) is 34.6 Å². The van der Waals surface area contributed by atoms with E-state index in [4.69, 9.17) is 23.7 Å². The molecule has 13 atom stereocenters. The summed E-state index contributed by atoms with van der Waals surface area (Å²) in [5.74, 6) is 1.08. The maximum Gasteiger partial charge on any atom is 0.303 e. The molecule has 0 amide bonds. The van der Waals surface area contributed by atoms with Crippen LogP contribution in [0.1, 0.15) is 120 Å². The third-order valence-electron chi connectivity index (χ3n) is 18.4. The van der Waals surface area contributed by atoms with Crippen LogP contribution in [0.3, 0.4) is 0 Å². The van der Waals surface area contributed by atoms with E-state index in [-0.39, 0.29) is 51.7 Å². The number of likely N-dealkylation sites (tertiary alicyclic amines) is 1. The van der Waals surface area contributed by atoms with Gasteiger partial charge in [0.05, 0.1) is 43.7 Å². The number of carbonyl (C=O) groups excluding carboxylic acids is 2. The molecule has 1 N–H and O–H groups in total. The maximum atomic E-state index is 15.1. The molecule has 4 unspecified atom stereocenters. The maximum absolute atomic E-state index is 15.1. The van der Waals surface area contributed by atoms with Gasteiger partial charge in [-0.2, -0.15) is 0 Å². The quantitative estimate of drug-likeness (QED) is 0.330. The highest BCUT2D eigenvalue weighted by Gasteiger charge is 2.85. The average molecular weight is 755 g/mol. The first kappa shape index (κ1) is 38.4. The van der Waals surface area contributed by atoms with Gasteiger partial charge in [0.15, 0.2) is 18.2 Å². The molecule has 0 aromatic heterocycles. The van der Waals surface area contributed by atoms with Crippen LogP contribution in [-0.4, -0.2) is 121 Å². The smallest absolute Gasteiger partial charge is 0.303 e. The number of fused-ring (bicyclic) bond motifs is 4. The van der Waals surface area contributed by atoms with E-state index in [1.807, 2.05) is 0 Å². The van der Waals surface area contributed by atoms with Crippen molar-refractivity contribution in [3.8, 4) is 0 Å². The minimum Gasteiger partial charge on any atom is -0.457 e. The molecule has 4 aliphatic heterocycles. The monoisotopic (exact) mass is 755 g/mol. The molecule has 2 spiro atoms. The van der Waals surface area contributed by atoms with Gasteiger partial charge in [-0.25, -0.2) is 0 Å². The Morgan fingerprint density at radius 1 is 0.926 bits per heavy atom. The molecule has 0 bridgehead atoms. The van der Waals surface area contributed by atoms with Crippen LogP contribution in [0.15, 0.2) is 0 Å². The van der Waals surface area contributed by atoms with Crippen LogP contribution in [0.25, 0.3) is 0 Å². The summed E-state index contributed by atoms with van der Waals surface area (Å²) in [7, 11) is 0. The molecule has 9 aliphatic rings. The Bertz CT molecular complexity index is 1490. The zero-order valence-electron chi connectivity index (χ0n) is 34.6. The molecule has 4 saturated heterocycles. The number of nitrogens with zero attached hydrogens (tertiary/aromatic N) is 2. The van der Waals surface area contributed by atoms with E-state index in [2.05, 4.69) is 44.4 Å². The molecule has 0 aromatic rings. The fourth-order valence-electron chi connectivity index (χ4n) is 15.6. The molecule has 4 heterocycles. The lowest BCUT2D eigenvalue weighted by molar-refractivity contribution is -0.250. The van der Waals surface area contributed by atoms with Crippen molar-refractivity contribution in [1.82, 2.24) is 9.80 Å². The lowest BCUT2D eigenvalue weighted by Gasteiger charge is -2.62. The fraction of sp³-hybridized carbons (Fsp3) is 0.955. The van der Waals surface area contributed by atoms with Gasteiger partial charge in [-0.3, -0.25) is 19.4 Å². The molecular formula is C44H70N2O8. The van der Waals surface area contributed by atoms with Gasteiger partial charge < -0.3 is 28.8 Å². The van der Waals surface area contributed by atoms with Crippen molar-refractivity contribution in [2.24, 2.45) is 50.7 Å². The van der Waals surface area contributed by atoms with E-state index in [0.717, 1.165) is 58.6 Å². The number of esters is 1. The SMILES string of the molecule is CC(=O)O[C@@H](C1C[C@@H](C)[C@H]2C(O1)C(=O)[C@@]1(C)C3CC[C@H]4C(C)(C)[C@@H](O[C@H]5CN(C6CCN(C7COC7)CC6)CCO5)CCC45C[C@@]35CC[C@]21C)C(C)(C)O. The number of Topliss-reactive ketones (excluding diaryl/α,β-unsaturated/α-hetero) is 1. The van der Waals surface area contributed by atoms with Gasteiger partial charge in [-0.15, -0.1) is 0 Å². The van der Waals surface area contributed by atoms with Crippen LogP contribution in [0.2, 0.25) is 0 Å². The van der Waals surface area contributed by atoms with Gasteiger partial charge in [0.25, 0.3) is 0 Å². The number of ether oxygens (including phenoxy) is 5. The number of aliphatic hydroxyl groups is 1. The molecule has 5 saturated carbocycles. The highest BCUT2D eigenvalue weighted by molar-refractivity contribution is 5.93. The van der Waals surface area contributed by atoms with E-state index in [0.29, 0.717) is 30.3 Å². The first-order chi connectivity index (χ1) is 25.5. The Kier molecular flexibility index (Phi) is 9.19. The molecular weight excluding hydrogens is 684 g/mol. The van der Waals surface area contributed by atoms with E-state index in [1.165, 1.54) is 52.1 Å². The molecule has 10 nitrogen and oxygen atoms in total. The summed E-state index contributed by atoms with van der Waals surface area (Å²) in [6, 6.07) is 1.24. The van der Waals surface area contributed by atoms with Gasteiger partial charge in [0.2, 0.25) is 0 Å². The average Bonchev–Trinajstić information content (AvgIpc) is 3.72. The van der Waals surface area contributed by atoms with Crippen molar-refractivity contribution in [2.75, 3.05) is 46.0 Å². The molecule has 0 aromatic carbocycles. The number of ketones is 1. The summed E-state index contributed by atoms with van der Waals surface area (Å²) in [6.07, 6.45) is 9.18. The van der Waals surface area contributed by atoms with Crippen molar-refractivity contribution in [2.45, 2.75) is 168 Å². The van der Waals surface area contributed by atoms with Crippen LogP contribution >= 0.6 is 0 Å². The van der Waals surface area contributed by atoms with E-state index >= 15 is 4.79 Å². The Hall–Kier alpha value is -1.14. The third-order valence-corrected chi connectivity index (χ3v) is 18.4. The van der Waals surface area contributed by atoms with Gasteiger partial charge in [0.1, 0.15) is 6.10 Å². The van der Waals surface area contributed by atoms with Crippen molar-refractivity contribution >= 4 is 11.8 Å². The normalized spacial score (nSPS) is 48.7. The van der Waals surface area contributed by atoms with Crippen LogP contribution in [0, 0.1) is 50.7 Å². The summed E-state index contributed by atoms with van der Waals surface area (Å²) in [4.78, 5) is 32.5. The van der Waals surface area contributed by atoms with Crippen molar-refractivity contribution in [3.05, 3.63) is 0 Å². The molecule has 9 fully saturated rings. The molecule has 304 valence electrons. The number of morpholine rings is 1. The number of piperidine rings is 1. The largest absolute Gasteiger partial charge is 0.457 e.